The highest BCUT2D eigenvalue weighted by Crippen LogP contribution is 2.35. The Hall–Kier alpha value is -3.80. The summed E-state index contributed by atoms with van der Waals surface area (Å²) in [6.07, 6.45) is 4.60. The second-order valence-corrected chi connectivity index (χ2v) is 28.3. The van der Waals surface area contributed by atoms with Crippen molar-refractivity contribution in [1.29, 1.82) is 0 Å². The first-order valence-corrected chi connectivity index (χ1v) is 26.4. The summed E-state index contributed by atoms with van der Waals surface area (Å²) in [5, 5.41) is 14.3. The van der Waals surface area contributed by atoms with Crippen LogP contribution in [0.15, 0.2) is 31.1 Å². The summed E-state index contributed by atoms with van der Waals surface area (Å²) in [6.45, 7) is 29.9. The van der Waals surface area contributed by atoms with Crippen molar-refractivity contribution in [3.05, 3.63) is 48.1 Å². The van der Waals surface area contributed by atoms with Crippen LogP contribution < -0.4 is 4.90 Å². The smallest absolute Gasteiger partial charge is 0.410 e. The molecule has 15 heteroatoms. The monoisotopic (exact) mass is 784 g/mol. The highest BCUT2D eigenvalue weighted by molar-refractivity contribution is 6.76. The molecule has 0 radical (unpaired) electrons. The Morgan fingerprint density at radius 3 is 2.07 bits per heavy atom. The average molecular weight is 785 g/mol. The van der Waals surface area contributed by atoms with Crippen LogP contribution >= 0.6 is 0 Å². The van der Waals surface area contributed by atoms with E-state index in [-0.39, 0.29) is 31.3 Å². The van der Waals surface area contributed by atoms with E-state index >= 15 is 0 Å². The van der Waals surface area contributed by atoms with Gasteiger partial charge >= 0.3 is 12.1 Å². The highest BCUT2D eigenvalue weighted by Gasteiger charge is 2.29. The number of nitrogens with zero attached hydrogens (tertiary/aromatic N) is 6. The number of hydrogen-bond acceptors (Lipinski definition) is 10. The van der Waals surface area contributed by atoms with Crippen LogP contribution in [0.4, 0.5) is 10.6 Å². The number of pyridine rings is 1. The van der Waals surface area contributed by atoms with E-state index in [4.69, 9.17) is 29.0 Å². The first-order chi connectivity index (χ1) is 25.2. The molecule has 0 aliphatic heterocycles. The van der Waals surface area contributed by atoms with Crippen LogP contribution in [0.1, 0.15) is 69.2 Å². The lowest BCUT2D eigenvalue weighted by Crippen LogP contribution is -2.40. The molecule has 1 atom stereocenters. The number of aryl methyl sites for hydroxylation is 1. The predicted octanol–water partition coefficient (Wildman–Crippen LogP) is 8.51. The van der Waals surface area contributed by atoms with Crippen molar-refractivity contribution in [1.82, 2.24) is 24.5 Å². The van der Waals surface area contributed by atoms with E-state index in [1.54, 1.807) is 28.7 Å². The molecule has 0 aliphatic rings. The number of hydrogen-bond donors (Lipinski definition) is 1. The van der Waals surface area contributed by atoms with Crippen molar-refractivity contribution in [2.45, 2.75) is 117 Å². The molecule has 1 N–H and O–H groups in total. The van der Waals surface area contributed by atoms with Gasteiger partial charge in [0, 0.05) is 59.8 Å². The van der Waals surface area contributed by atoms with Crippen molar-refractivity contribution in [2.24, 2.45) is 0 Å². The summed E-state index contributed by atoms with van der Waals surface area (Å²) in [6, 6.07) is 5.04. The molecule has 0 saturated heterocycles. The minimum Gasteiger partial charge on any atom is -0.494 e. The summed E-state index contributed by atoms with van der Waals surface area (Å²) < 4.78 is 26.4. The molecule has 3 aromatic rings. The summed E-state index contributed by atoms with van der Waals surface area (Å²) >= 11 is 0. The Bertz CT molecular complexity index is 1690. The second-order valence-electron chi connectivity index (χ2n) is 17.1. The zero-order chi connectivity index (χ0) is 40.4. The average Bonchev–Trinajstić information content (AvgIpc) is 3.49. The number of carboxylic acid groups (broad SMARTS) is 1. The molecule has 0 bridgehead atoms. The normalized spacial score (nSPS) is 12.8. The Balaban J connectivity index is 2.25. The van der Waals surface area contributed by atoms with E-state index in [0.717, 1.165) is 12.1 Å². The molecule has 3 aromatic heterocycles. The predicted molar refractivity (Wildman–Crippen MR) is 221 cm³/mol. The van der Waals surface area contributed by atoms with Gasteiger partial charge in [0.05, 0.1) is 24.1 Å². The fraction of sp³-hybridized carbons (Fsp3) is 0.615. The molecule has 3 rings (SSSR count). The van der Waals surface area contributed by atoms with Gasteiger partial charge < -0.3 is 33.9 Å². The fourth-order valence-corrected chi connectivity index (χ4v) is 7.15. The van der Waals surface area contributed by atoms with Crippen molar-refractivity contribution < 1.29 is 33.6 Å². The van der Waals surface area contributed by atoms with Crippen LogP contribution in [0.5, 0.6) is 0 Å². The van der Waals surface area contributed by atoms with Crippen LogP contribution in [0.2, 0.25) is 51.4 Å². The molecule has 0 unspecified atom stereocenters. The zero-order valence-corrected chi connectivity index (χ0v) is 36.7. The van der Waals surface area contributed by atoms with Crippen molar-refractivity contribution in [2.75, 3.05) is 45.2 Å². The Morgan fingerprint density at radius 1 is 0.981 bits per heavy atom. The first-order valence-electron chi connectivity index (χ1n) is 18.9. The number of carboxylic acids is 1. The summed E-state index contributed by atoms with van der Waals surface area (Å²) in [4.78, 5) is 37.8. The number of rotatable bonds is 21. The number of ether oxygens (including phenoxy) is 4. The van der Waals surface area contributed by atoms with Gasteiger partial charge in [-0.05, 0) is 65.1 Å². The molecule has 3 heterocycles. The lowest BCUT2D eigenvalue weighted by Gasteiger charge is -2.31. The summed E-state index contributed by atoms with van der Waals surface area (Å²) in [7, 11) is -0.963. The summed E-state index contributed by atoms with van der Waals surface area (Å²) in [5.41, 5.74) is 2.58. The topological polar surface area (TPSA) is 141 Å². The van der Waals surface area contributed by atoms with Gasteiger partial charge in [-0.25, -0.2) is 19.6 Å². The molecule has 1 amide bonds. The number of anilines is 1. The molecule has 13 nitrogen and oxygen atoms in total. The molecule has 0 aromatic carbocycles. The zero-order valence-electron chi connectivity index (χ0n) is 34.7. The Labute approximate surface area is 324 Å². The minimum absolute atomic E-state index is 0.0586. The third-order valence-corrected chi connectivity index (χ3v) is 12.2. The maximum Gasteiger partial charge on any atom is 0.410 e. The van der Waals surface area contributed by atoms with E-state index in [9.17, 15) is 14.7 Å². The molecule has 0 aliphatic carbocycles. The maximum absolute atomic E-state index is 13.1. The van der Waals surface area contributed by atoms with Crippen molar-refractivity contribution in [3.63, 3.8) is 0 Å². The second kappa shape index (κ2) is 19.2. The number of aromatic carboxylic acids is 1. The Kier molecular flexibility index (Phi) is 15.8. The van der Waals surface area contributed by atoms with Crippen molar-refractivity contribution >= 4 is 45.4 Å². The van der Waals surface area contributed by atoms with Gasteiger partial charge in [-0.1, -0.05) is 58.9 Å². The molecule has 0 saturated carbocycles. The van der Waals surface area contributed by atoms with E-state index < -0.39 is 27.7 Å². The Morgan fingerprint density at radius 2 is 1.59 bits per heavy atom. The number of aromatic nitrogens is 4. The molecule has 54 heavy (non-hydrogen) atoms. The minimum atomic E-state index is -1.37. The number of carbonyl (C=O) groups excluding carboxylic acids is 1. The van der Waals surface area contributed by atoms with E-state index in [1.807, 2.05) is 39.5 Å². The van der Waals surface area contributed by atoms with E-state index in [2.05, 4.69) is 50.8 Å². The van der Waals surface area contributed by atoms with Gasteiger partial charge in [0.2, 0.25) is 0 Å². The fourth-order valence-electron chi connectivity index (χ4n) is 5.64. The van der Waals surface area contributed by atoms with Crippen LogP contribution in [-0.2, 0) is 25.4 Å². The van der Waals surface area contributed by atoms with Gasteiger partial charge in [-0.3, -0.25) is 0 Å². The van der Waals surface area contributed by atoms with Gasteiger partial charge in [0.15, 0.2) is 5.65 Å². The van der Waals surface area contributed by atoms with Crippen LogP contribution in [0.25, 0.3) is 22.5 Å². The van der Waals surface area contributed by atoms with Crippen molar-refractivity contribution in [3.8, 4) is 11.1 Å². The number of carbonyl (C=O) groups is 2. The number of amides is 1. The molecular weight excluding hydrogens is 721 g/mol. The van der Waals surface area contributed by atoms with Crippen LogP contribution in [0, 0.1) is 0 Å². The lowest BCUT2D eigenvalue weighted by molar-refractivity contribution is 0.0210. The third kappa shape index (κ3) is 13.2. The highest BCUT2D eigenvalue weighted by atomic mass is 28.3. The number of fused-ring (bicyclic) bond motifs is 1. The lowest BCUT2D eigenvalue weighted by atomic mass is 10.0. The van der Waals surface area contributed by atoms with Gasteiger partial charge in [0.25, 0.3) is 0 Å². The molecule has 0 spiro atoms. The first kappa shape index (κ1) is 44.6. The largest absolute Gasteiger partial charge is 0.494 e. The van der Waals surface area contributed by atoms with Crippen LogP contribution in [0.3, 0.4) is 0 Å². The summed E-state index contributed by atoms with van der Waals surface area (Å²) in [5.74, 6) is -0.0162. The maximum atomic E-state index is 13.1. The van der Waals surface area contributed by atoms with Gasteiger partial charge in [0.1, 0.15) is 36.3 Å². The standard InChI is InChI=1S/C39H64N6O7Si2/c1-14-30(43(7)38(48)52-39(4,5)6)17-19-32-34(28(3)51-15-2)36(44(26-49-20-22-53(8,9)10)27-50-21-23-54(11,12)13)45-35(42-32)31(25-41-45)29-16-18-33(37(46)47)40-24-29/h16,18,24-25,30H,3,14-15,17,19-23,26-27H2,1-2,4-13H3,(H,46,47)/t30-/m1/s1. The van der Waals surface area contributed by atoms with E-state index in [1.165, 1.54) is 12.3 Å². The van der Waals surface area contributed by atoms with Crippen LogP contribution in [-0.4, -0.2) is 110 Å². The molecule has 300 valence electrons. The molecular formula is C39H64N6O7Si2. The molecule has 0 fully saturated rings. The SMILES string of the molecule is C=C(OCC)c1c(CC[C@@H](CC)N(C)C(=O)OC(C)(C)C)nc2c(-c3ccc(C(=O)O)nc3)cnn2c1N(COCC[Si](C)(C)C)COCC[Si](C)(C)C. The third-order valence-electron chi connectivity index (χ3n) is 8.79. The van der Waals surface area contributed by atoms with E-state index in [0.29, 0.717) is 78.7 Å². The van der Waals surface area contributed by atoms with Gasteiger partial charge in [-0.15, -0.1) is 0 Å². The quantitative estimate of drug-likeness (QED) is 0.0481. The van der Waals surface area contributed by atoms with Gasteiger partial charge in [-0.2, -0.15) is 9.61 Å².